The van der Waals surface area contributed by atoms with Gasteiger partial charge in [0.15, 0.2) is 0 Å². The number of carbonyl (C=O) groups is 1. The van der Waals surface area contributed by atoms with Crippen LogP contribution < -0.4 is 5.32 Å². The average Bonchev–Trinajstić information content (AvgIpc) is 2.89. The Labute approximate surface area is 116 Å². The van der Waals surface area contributed by atoms with Crippen molar-refractivity contribution in [1.82, 2.24) is 10.2 Å². The standard InChI is InChI=1S/C15H28N2O2/c1-3-6-15(7-8-16-12-15)14(18)17(2)11-13-4-9-19-10-5-13/h13,16H,3-12H2,1-2H3. The zero-order chi connectivity index (χ0) is 13.7. The monoisotopic (exact) mass is 268 g/mol. The average molecular weight is 268 g/mol. The minimum absolute atomic E-state index is 0.130. The van der Waals surface area contributed by atoms with Crippen LogP contribution in [0.4, 0.5) is 0 Å². The summed E-state index contributed by atoms with van der Waals surface area (Å²) in [5, 5.41) is 3.37. The first-order chi connectivity index (χ1) is 9.18. The summed E-state index contributed by atoms with van der Waals surface area (Å²) in [5.74, 6) is 0.974. The highest BCUT2D eigenvalue weighted by Gasteiger charge is 2.42. The predicted molar refractivity (Wildman–Crippen MR) is 76.0 cm³/mol. The smallest absolute Gasteiger partial charge is 0.229 e. The highest BCUT2D eigenvalue weighted by Crippen LogP contribution is 2.33. The molecule has 4 heteroatoms. The van der Waals surface area contributed by atoms with Crippen molar-refractivity contribution in [2.24, 2.45) is 11.3 Å². The molecule has 0 aromatic carbocycles. The molecule has 1 amide bonds. The third kappa shape index (κ3) is 3.48. The van der Waals surface area contributed by atoms with Crippen LogP contribution in [0.3, 0.4) is 0 Å². The molecule has 1 atom stereocenters. The van der Waals surface area contributed by atoms with Crippen molar-refractivity contribution < 1.29 is 9.53 Å². The van der Waals surface area contributed by atoms with Crippen LogP contribution in [-0.2, 0) is 9.53 Å². The first-order valence-corrected chi connectivity index (χ1v) is 7.72. The molecular weight excluding hydrogens is 240 g/mol. The second-order valence-corrected chi connectivity index (χ2v) is 6.20. The van der Waals surface area contributed by atoms with Crippen molar-refractivity contribution in [3.8, 4) is 0 Å². The normalized spacial score (nSPS) is 28.5. The van der Waals surface area contributed by atoms with Gasteiger partial charge in [0.2, 0.25) is 5.91 Å². The quantitative estimate of drug-likeness (QED) is 0.824. The van der Waals surface area contributed by atoms with Crippen LogP contribution in [-0.4, -0.2) is 50.7 Å². The molecule has 0 spiro atoms. The summed E-state index contributed by atoms with van der Waals surface area (Å²) in [4.78, 5) is 14.8. The summed E-state index contributed by atoms with van der Waals surface area (Å²) in [6, 6.07) is 0. The maximum absolute atomic E-state index is 12.8. The fourth-order valence-corrected chi connectivity index (χ4v) is 3.53. The maximum atomic E-state index is 12.8. The molecule has 2 aliphatic heterocycles. The molecule has 110 valence electrons. The summed E-state index contributed by atoms with van der Waals surface area (Å²) >= 11 is 0. The second-order valence-electron chi connectivity index (χ2n) is 6.20. The molecule has 19 heavy (non-hydrogen) atoms. The molecule has 0 aliphatic carbocycles. The lowest BCUT2D eigenvalue weighted by molar-refractivity contribution is -0.141. The van der Waals surface area contributed by atoms with Crippen molar-refractivity contribution in [2.45, 2.75) is 39.0 Å². The number of carbonyl (C=O) groups excluding carboxylic acids is 1. The molecule has 0 aromatic heterocycles. The van der Waals surface area contributed by atoms with Crippen LogP contribution in [0, 0.1) is 11.3 Å². The number of hydrogen-bond donors (Lipinski definition) is 1. The van der Waals surface area contributed by atoms with Gasteiger partial charge < -0.3 is 15.0 Å². The first kappa shape index (κ1) is 14.8. The topological polar surface area (TPSA) is 41.6 Å². The molecule has 0 radical (unpaired) electrons. The van der Waals surface area contributed by atoms with Crippen molar-refractivity contribution in [1.29, 1.82) is 0 Å². The lowest BCUT2D eigenvalue weighted by atomic mass is 9.81. The van der Waals surface area contributed by atoms with Crippen molar-refractivity contribution >= 4 is 5.91 Å². The van der Waals surface area contributed by atoms with Gasteiger partial charge in [0.1, 0.15) is 0 Å². The maximum Gasteiger partial charge on any atom is 0.229 e. The number of ether oxygens (including phenoxy) is 1. The van der Waals surface area contributed by atoms with E-state index in [9.17, 15) is 4.79 Å². The van der Waals surface area contributed by atoms with Crippen molar-refractivity contribution in [3.63, 3.8) is 0 Å². The van der Waals surface area contributed by atoms with E-state index in [0.29, 0.717) is 11.8 Å². The van der Waals surface area contributed by atoms with Gasteiger partial charge in [-0.15, -0.1) is 0 Å². The van der Waals surface area contributed by atoms with Gasteiger partial charge in [0.05, 0.1) is 5.41 Å². The van der Waals surface area contributed by atoms with Crippen LogP contribution >= 0.6 is 0 Å². The van der Waals surface area contributed by atoms with E-state index in [1.807, 2.05) is 11.9 Å². The third-order valence-electron chi connectivity index (χ3n) is 4.65. The number of nitrogens with zero attached hydrogens (tertiary/aromatic N) is 1. The molecule has 2 rings (SSSR count). The molecule has 1 N–H and O–H groups in total. The Bertz CT molecular complexity index is 295. The fraction of sp³-hybridized carbons (Fsp3) is 0.933. The van der Waals surface area contributed by atoms with Gasteiger partial charge in [-0.1, -0.05) is 13.3 Å². The molecule has 2 heterocycles. The molecular formula is C15H28N2O2. The van der Waals surface area contributed by atoms with Gasteiger partial charge >= 0.3 is 0 Å². The molecule has 2 fully saturated rings. The summed E-state index contributed by atoms with van der Waals surface area (Å²) < 4.78 is 5.39. The Morgan fingerprint density at radius 2 is 2.16 bits per heavy atom. The van der Waals surface area contributed by atoms with Gasteiger partial charge in [-0.25, -0.2) is 0 Å². The Kier molecular flexibility index (Phi) is 5.22. The first-order valence-electron chi connectivity index (χ1n) is 7.72. The number of rotatable bonds is 5. The lowest BCUT2D eigenvalue weighted by Crippen LogP contribution is -2.45. The summed E-state index contributed by atoms with van der Waals surface area (Å²) in [7, 11) is 1.98. The Morgan fingerprint density at radius 3 is 2.74 bits per heavy atom. The summed E-state index contributed by atoms with van der Waals surface area (Å²) in [6.45, 7) is 6.62. The highest BCUT2D eigenvalue weighted by atomic mass is 16.5. The van der Waals surface area contributed by atoms with Crippen LogP contribution in [0.15, 0.2) is 0 Å². The van der Waals surface area contributed by atoms with E-state index >= 15 is 0 Å². The molecule has 2 aliphatic rings. The number of nitrogens with one attached hydrogen (secondary N) is 1. The number of hydrogen-bond acceptors (Lipinski definition) is 3. The predicted octanol–water partition coefficient (Wildman–Crippen LogP) is 1.65. The minimum atomic E-state index is -0.130. The van der Waals surface area contributed by atoms with Gasteiger partial charge in [0, 0.05) is 33.4 Å². The Hall–Kier alpha value is -0.610. The minimum Gasteiger partial charge on any atom is -0.381 e. The summed E-state index contributed by atoms with van der Waals surface area (Å²) in [6.07, 6.45) is 5.28. The Balaban J connectivity index is 1.92. The zero-order valence-corrected chi connectivity index (χ0v) is 12.4. The molecule has 0 aromatic rings. The lowest BCUT2D eigenvalue weighted by Gasteiger charge is -2.34. The van der Waals surface area contributed by atoms with E-state index in [1.54, 1.807) is 0 Å². The molecule has 0 bridgehead atoms. The van der Waals surface area contributed by atoms with E-state index in [1.165, 1.54) is 0 Å². The van der Waals surface area contributed by atoms with Gasteiger partial charge in [-0.2, -0.15) is 0 Å². The third-order valence-corrected chi connectivity index (χ3v) is 4.65. The Morgan fingerprint density at radius 1 is 1.42 bits per heavy atom. The molecule has 4 nitrogen and oxygen atoms in total. The fourth-order valence-electron chi connectivity index (χ4n) is 3.53. The zero-order valence-electron chi connectivity index (χ0n) is 12.4. The number of amides is 1. The highest BCUT2D eigenvalue weighted by molar-refractivity contribution is 5.83. The van der Waals surface area contributed by atoms with E-state index in [2.05, 4.69) is 12.2 Å². The van der Waals surface area contributed by atoms with Crippen LogP contribution in [0.1, 0.15) is 39.0 Å². The van der Waals surface area contributed by atoms with E-state index < -0.39 is 0 Å². The molecule has 2 saturated heterocycles. The van der Waals surface area contributed by atoms with E-state index in [-0.39, 0.29) is 5.41 Å². The molecule has 1 unspecified atom stereocenters. The van der Waals surface area contributed by atoms with Gasteiger partial charge in [-0.05, 0) is 38.1 Å². The van der Waals surface area contributed by atoms with Gasteiger partial charge in [-0.3, -0.25) is 4.79 Å². The molecule has 0 saturated carbocycles. The van der Waals surface area contributed by atoms with Crippen LogP contribution in [0.5, 0.6) is 0 Å². The van der Waals surface area contributed by atoms with E-state index in [4.69, 9.17) is 4.74 Å². The van der Waals surface area contributed by atoms with Crippen LogP contribution in [0.25, 0.3) is 0 Å². The largest absolute Gasteiger partial charge is 0.381 e. The van der Waals surface area contributed by atoms with Gasteiger partial charge in [0.25, 0.3) is 0 Å². The van der Waals surface area contributed by atoms with Crippen LogP contribution in [0.2, 0.25) is 0 Å². The van der Waals surface area contributed by atoms with Crippen molar-refractivity contribution in [3.05, 3.63) is 0 Å². The SMILES string of the molecule is CCCC1(C(=O)N(C)CC2CCOCC2)CCNC1. The summed E-state index contributed by atoms with van der Waals surface area (Å²) in [5.41, 5.74) is -0.130. The van der Waals surface area contributed by atoms with E-state index in [0.717, 1.165) is 65.0 Å². The van der Waals surface area contributed by atoms with Crippen molar-refractivity contribution in [2.75, 3.05) is 39.9 Å². The second kappa shape index (κ2) is 6.71.